The SMILES string of the molecule is CSCC1COc2cc(C)ccc2C1=O. The van der Waals surface area contributed by atoms with Gasteiger partial charge in [0.15, 0.2) is 5.78 Å². The lowest BCUT2D eigenvalue weighted by Gasteiger charge is -2.23. The lowest BCUT2D eigenvalue weighted by Crippen LogP contribution is -2.29. The van der Waals surface area contributed by atoms with Gasteiger partial charge < -0.3 is 4.74 Å². The normalized spacial score (nSPS) is 19.6. The second-order valence-corrected chi connectivity index (χ2v) is 4.74. The van der Waals surface area contributed by atoms with E-state index in [4.69, 9.17) is 4.74 Å². The van der Waals surface area contributed by atoms with E-state index < -0.39 is 0 Å². The smallest absolute Gasteiger partial charge is 0.173 e. The Hall–Kier alpha value is -0.960. The summed E-state index contributed by atoms with van der Waals surface area (Å²) in [6.07, 6.45) is 2.01. The van der Waals surface area contributed by atoms with Crippen molar-refractivity contribution in [3.8, 4) is 5.75 Å². The summed E-state index contributed by atoms with van der Waals surface area (Å²) in [5.41, 5.74) is 1.87. The van der Waals surface area contributed by atoms with Gasteiger partial charge in [-0.15, -0.1) is 0 Å². The summed E-state index contributed by atoms with van der Waals surface area (Å²) in [6, 6.07) is 5.77. The van der Waals surface area contributed by atoms with E-state index >= 15 is 0 Å². The van der Waals surface area contributed by atoms with E-state index in [2.05, 4.69) is 0 Å². The number of carbonyl (C=O) groups excluding carboxylic acids is 1. The molecule has 0 bridgehead atoms. The molecule has 1 atom stereocenters. The maximum absolute atomic E-state index is 12.0. The predicted octanol–water partition coefficient (Wildman–Crippen LogP) is 2.55. The summed E-state index contributed by atoms with van der Waals surface area (Å²) in [4.78, 5) is 12.0. The standard InChI is InChI=1S/C12H14O2S/c1-8-3-4-10-11(5-8)14-6-9(7-15-2)12(10)13/h3-5,9H,6-7H2,1-2H3. The minimum Gasteiger partial charge on any atom is -0.492 e. The molecular weight excluding hydrogens is 208 g/mol. The zero-order chi connectivity index (χ0) is 10.8. The molecule has 1 aromatic carbocycles. The van der Waals surface area contributed by atoms with E-state index in [9.17, 15) is 4.79 Å². The fourth-order valence-electron chi connectivity index (χ4n) is 1.76. The Kier molecular flexibility index (Phi) is 3.00. The van der Waals surface area contributed by atoms with E-state index in [0.29, 0.717) is 6.61 Å². The third-order valence-corrected chi connectivity index (χ3v) is 3.32. The Morgan fingerprint density at radius 1 is 1.53 bits per heavy atom. The molecule has 1 heterocycles. The fraction of sp³-hybridized carbons (Fsp3) is 0.417. The van der Waals surface area contributed by atoms with Gasteiger partial charge in [-0.05, 0) is 30.9 Å². The van der Waals surface area contributed by atoms with Crippen molar-refractivity contribution < 1.29 is 9.53 Å². The summed E-state index contributed by atoms with van der Waals surface area (Å²) in [5.74, 6) is 1.84. The number of carbonyl (C=O) groups is 1. The molecule has 0 saturated heterocycles. The van der Waals surface area contributed by atoms with Crippen LogP contribution in [0, 0.1) is 12.8 Å². The van der Waals surface area contributed by atoms with E-state index in [0.717, 1.165) is 22.6 Å². The first kappa shape index (κ1) is 10.6. The highest BCUT2D eigenvalue weighted by Gasteiger charge is 2.28. The average molecular weight is 222 g/mol. The molecule has 0 aliphatic carbocycles. The Morgan fingerprint density at radius 2 is 2.33 bits per heavy atom. The molecule has 2 rings (SSSR count). The summed E-state index contributed by atoms with van der Waals surface area (Å²) in [5, 5.41) is 0. The molecule has 0 N–H and O–H groups in total. The van der Waals surface area contributed by atoms with Gasteiger partial charge in [0.1, 0.15) is 5.75 Å². The summed E-state index contributed by atoms with van der Waals surface area (Å²) < 4.78 is 5.61. The van der Waals surface area contributed by atoms with Gasteiger partial charge >= 0.3 is 0 Å². The Morgan fingerprint density at radius 3 is 3.07 bits per heavy atom. The van der Waals surface area contributed by atoms with Crippen LogP contribution in [0.1, 0.15) is 15.9 Å². The van der Waals surface area contributed by atoms with Crippen molar-refractivity contribution in [1.29, 1.82) is 0 Å². The van der Waals surface area contributed by atoms with E-state index in [1.807, 2.05) is 31.4 Å². The van der Waals surface area contributed by atoms with Crippen LogP contribution in [0.5, 0.6) is 5.75 Å². The highest BCUT2D eigenvalue weighted by molar-refractivity contribution is 7.98. The zero-order valence-corrected chi connectivity index (χ0v) is 9.76. The minimum absolute atomic E-state index is 0.0233. The first-order valence-electron chi connectivity index (χ1n) is 4.99. The molecule has 15 heavy (non-hydrogen) atoms. The van der Waals surface area contributed by atoms with Crippen molar-refractivity contribution >= 4 is 17.5 Å². The monoisotopic (exact) mass is 222 g/mol. The van der Waals surface area contributed by atoms with Crippen LogP contribution < -0.4 is 4.74 Å². The van der Waals surface area contributed by atoms with Gasteiger partial charge in [0, 0.05) is 5.75 Å². The lowest BCUT2D eigenvalue weighted by atomic mass is 9.96. The first-order valence-corrected chi connectivity index (χ1v) is 6.38. The first-order chi connectivity index (χ1) is 7.22. The summed E-state index contributed by atoms with van der Waals surface area (Å²) >= 11 is 1.69. The zero-order valence-electron chi connectivity index (χ0n) is 8.95. The van der Waals surface area contributed by atoms with Crippen molar-refractivity contribution in [3.05, 3.63) is 29.3 Å². The molecule has 1 unspecified atom stereocenters. The van der Waals surface area contributed by atoms with Crippen molar-refractivity contribution in [2.45, 2.75) is 6.92 Å². The number of Topliss-reactive ketones (excluding diaryl/α,β-unsaturated/α-hetero) is 1. The number of rotatable bonds is 2. The van der Waals surface area contributed by atoms with Crippen molar-refractivity contribution in [2.75, 3.05) is 18.6 Å². The number of fused-ring (bicyclic) bond motifs is 1. The highest BCUT2D eigenvalue weighted by Crippen LogP contribution is 2.29. The van der Waals surface area contributed by atoms with E-state index in [1.54, 1.807) is 11.8 Å². The van der Waals surface area contributed by atoms with Gasteiger partial charge in [-0.1, -0.05) is 6.07 Å². The van der Waals surface area contributed by atoms with Crippen LogP contribution in [-0.2, 0) is 0 Å². The number of thioether (sulfide) groups is 1. The number of benzene rings is 1. The van der Waals surface area contributed by atoms with Crippen molar-refractivity contribution in [3.63, 3.8) is 0 Å². The van der Waals surface area contributed by atoms with E-state index in [-0.39, 0.29) is 11.7 Å². The quantitative estimate of drug-likeness (QED) is 0.769. The molecule has 1 aliphatic rings. The molecule has 80 valence electrons. The largest absolute Gasteiger partial charge is 0.492 e. The molecule has 1 aliphatic heterocycles. The minimum atomic E-state index is 0.0233. The van der Waals surface area contributed by atoms with Gasteiger partial charge in [0.2, 0.25) is 0 Å². The predicted molar refractivity (Wildman–Crippen MR) is 62.9 cm³/mol. The van der Waals surface area contributed by atoms with Gasteiger partial charge in [-0.2, -0.15) is 11.8 Å². The molecule has 0 spiro atoms. The fourth-order valence-corrected chi connectivity index (χ4v) is 2.41. The van der Waals surface area contributed by atoms with Crippen LogP contribution in [0.15, 0.2) is 18.2 Å². The van der Waals surface area contributed by atoms with Crippen LogP contribution in [0.3, 0.4) is 0 Å². The Bertz CT molecular complexity index is 387. The second kappa shape index (κ2) is 4.27. The lowest BCUT2D eigenvalue weighted by molar-refractivity contribution is 0.0853. The molecule has 3 heteroatoms. The van der Waals surface area contributed by atoms with Crippen LogP contribution in [0.4, 0.5) is 0 Å². The van der Waals surface area contributed by atoms with Crippen LogP contribution in [0.2, 0.25) is 0 Å². The molecule has 1 aromatic rings. The van der Waals surface area contributed by atoms with Gasteiger partial charge in [0.05, 0.1) is 18.1 Å². The highest BCUT2D eigenvalue weighted by atomic mass is 32.2. The maximum Gasteiger partial charge on any atom is 0.173 e. The van der Waals surface area contributed by atoms with Crippen LogP contribution in [0.25, 0.3) is 0 Å². The Labute approximate surface area is 94.0 Å². The molecule has 0 fully saturated rings. The molecule has 2 nitrogen and oxygen atoms in total. The molecular formula is C12H14O2S. The third kappa shape index (κ3) is 2.02. The summed E-state index contributed by atoms with van der Waals surface area (Å²) in [6.45, 7) is 2.53. The van der Waals surface area contributed by atoms with Gasteiger partial charge in [-0.25, -0.2) is 0 Å². The van der Waals surface area contributed by atoms with Crippen molar-refractivity contribution in [2.24, 2.45) is 5.92 Å². The molecule has 0 saturated carbocycles. The third-order valence-electron chi connectivity index (χ3n) is 2.58. The van der Waals surface area contributed by atoms with Crippen LogP contribution >= 0.6 is 11.8 Å². The number of ether oxygens (including phenoxy) is 1. The molecule has 0 amide bonds. The van der Waals surface area contributed by atoms with Crippen molar-refractivity contribution in [1.82, 2.24) is 0 Å². The second-order valence-electron chi connectivity index (χ2n) is 3.83. The number of hydrogen-bond acceptors (Lipinski definition) is 3. The average Bonchev–Trinajstić information content (AvgIpc) is 2.22. The van der Waals surface area contributed by atoms with Gasteiger partial charge in [0.25, 0.3) is 0 Å². The number of hydrogen-bond donors (Lipinski definition) is 0. The van der Waals surface area contributed by atoms with Crippen LogP contribution in [-0.4, -0.2) is 24.4 Å². The molecule has 0 aromatic heterocycles. The summed E-state index contributed by atoms with van der Waals surface area (Å²) in [7, 11) is 0. The van der Waals surface area contributed by atoms with E-state index in [1.165, 1.54) is 0 Å². The maximum atomic E-state index is 12.0. The van der Waals surface area contributed by atoms with Gasteiger partial charge in [-0.3, -0.25) is 4.79 Å². The Balaban J connectivity index is 2.30. The number of aryl methyl sites for hydroxylation is 1. The topological polar surface area (TPSA) is 26.3 Å². The number of ketones is 1. The molecule has 0 radical (unpaired) electrons.